The Labute approximate surface area is 119 Å². The topological polar surface area (TPSA) is 15.3 Å². The molecule has 19 heavy (non-hydrogen) atoms. The second-order valence-corrected chi connectivity index (χ2v) is 7.47. The average Bonchev–Trinajstić information content (AvgIpc) is 3.26. The fraction of sp³-hybridized carbons (Fsp3) is 1.00. The number of hydrogen-bond acceptors (Lipinski definition) is 2. The molecule has 3 rings (SSSR count). The van der Waals surface area contributed by atoms with Crippen molar-refractivity contribution in [2.45, 2.75) is 89.3 Å². The van der Waals surface area contributed by atoms with Gasteiger partial charge in [0.15, 0.2) is 0 Å². The van der Waals surface area contributed by atoms with Crippen LogP contribution in [0.5, 0.6) is 0 Å². The van der Waals surface area contributed by atoms with Crippen LogP contribution in [0.3, 0.4) is 0 Å². The van der Waals surface area contributed by atoms with Crippen LogP contribution >= 0.6 is 0 Å². The smallest absolute Gasteiger partial charge is 0.0306 e. The summed E-state index contributed by atoms with van der Waals surface area (Å²) < 4.78 is 0. The molecule has 2 aliphatic carbocycles. The van der Waals surface area contributed by atoms with Crippen LogP contribution < -0.4 is 5.32 Å². The molecular weight excluding hydrogens is 232 g/mol. The summed E-state index contributed by atoms with van der Waals surface area (Å²) in [5, 5.41) is 3.87. The van der Waals surface area contributed by atoms with Crippen molar-refractivity contribution in [1.29, 1.82) is 0 Å². The molecule has 2 saturated carbocycles. The highest BCUT2D eigenvalue weighted by molar-refractivity contribution is 5.02. The molecule has 0 radical (unpaired) electrons. The first-order valence-corrected chi connectivity index (χ1v) is 8.73. The van der Waals surface area contributed by atoms with Gasteiger partial charge in [0.1, 0.15) is 0 Å². The maximum Gasteiger partial charge on any atom is 0.0306 e. The number of nitrogens with one attached hydrogen (secondary N) is 1. The van der Waals surface area contributed by atoms with Gasteiger partial charge in [0.05, 0.1) is 0 Å². The second kappa shape index (κ2) is 5.73. The molecule has 2 atom stereocenters. The Hall–Kier alpha value is -0.0800. The highest BCUT2D eigenvalue weighted by Gasteiger charge is 2.43. The number of hydrogen-bond donors (Lipinski definition) is 1. The van der Waals surface area contributed by atoms with Crippen LogP contribution in [0, 0.1) is 5.92 Å². The van der Waals surface area contributed by atoms with E-state index in [0.29, 0.717) is 5.54 Å². The van der Waals surface area contributed by atoms with Crippen molar-refractivity contribution < 1.29 is 0 Å². The molecule has 0 aromatic carbocycles. The van der Waals surface area contributed by atoms with Crippen LogP contribution in [0.25, 0.3) is 0 Å². The van der Waals surface area contributed by atoms with E-state index < -0.39 is 0 Å². The first-order chi connectivity index (χ1) is 9.23. The van der Waals surface area contributed by atoms with E-state index in [1.807, 2.05) is 0 Å². The number of rotatable bonds is 3. The maximum absolute atomic E-state index is 3.87. The Morgan fingerprint density at radius 1 is 1.05 bits per heavy atom. The monoisotopic (exact) mass is 264 g/mol. The van der Waals surface area contributed by atoms with E-state index in [0.717, 1.165) is 18.0 Å². The summed E-state index contributed by atoms with van der Waals surface area (Å²) in [6.07, 6.45) is 13.0. The predicted molar refractivity (Wildman–Crippen MR) is 81.4 cm³/mol. The van der Waals surface area contributed by atoms with Gasteiger partial charge in [-0.15, -0.1) is 0 Å². The van der Waals surface area contributed by atoms with Gasteiger partial charge in [-0.1, -0.05) is 32.6 Å². The van der Waals surface area contributed by atoms with Gasteiger partial charge in [0.25, 0.3) is 0 Å². The van der Waals surface area contributed by atoms with Crippen molar-refractivity contribution in [3.8, 4) is 0 Å². The molecule has 2 nitrogen and oxygen atoms in total. The minimum Gasteiger partial charge on any atom is -0.311 e. The molecule has 0 aromatic heterocycles. The fourth-order valence-corrected chi connectivity index (χ4v) is 4.25. The van der Waals surface area contributed by atoms with E-state index in [-0.39, 0.29) is 0 Å². The van der Waals surface area contributed by atoms with Gasteiger partial charge >= 0.3 is 0 Å². The summed E-state index contributed by atoms with van der Waals surface area (Å²) in [7, 11) is 0. The summed E-state index contributed by atoms with van der Waals surface area (Å²) >= 11 is 0. The van der Waals surface area contributed by atoms with E-state index in [2.05, 4.69) is 24.1 Å². The van der Waals surface area contributed by atoms with Gasteiger partial charge in [-0.25, -0.2) is 0 Å². The molecule has 0 spiro atoms. The van der Waals surface area contributed by atoms with Gasteiger partial charge in [0, 0.05) is 30.7 Å². The quantitative estimate of drug-likeness (QED) is 0.784. The fourth-order valence-electron chi connectivity index (χ4n) is 4.25. The average molecular weight is 264 g/mol. The van der Waals surface area contributed by atoms with E-state index in [1.54, 1.807) is 0 Å². The number of piperazine rings is 1. The molecule has 0 aromatic rings. The summed E-state index contributed by atoms with van der Waals surface area (Å²) in [6, 6.07) is 1.67. The summed E-state index contributed by atoms with van der Waals surface area (Å²) in [4.78, 5) is 2.93. The third-order valence-electron chi connectivity index (χ3n) is 6.05. The van der Waals surface area contributed by atoms with Crippen LogP contribution in [0.15, 0.2) is 0 Å². The zero-order valence-corrected chi connectivity index (χ0v) is 13.0. The van der Waals surface area contributed by atoms with Gasteiger partial charge in [-0.05, 0) is 44.9 Å². The lowest BCUT2D eigenvalue weighted by atomic mass is 9.87. The molecule has 2 unspecified atom stereocenters. The van der Waals surface area contributed by atoms with Crippen LogP contribution in [-0.4, -0.2) is 35.6 Å². The molecule has 1 saturated heterocycles. The highest BCUT2D eigenvalue weighted by atomic mass is 15.3. The minimum atomic E-state index is 0.403. The van der Waals surface area contributed by atoms with Crippen molar-refractivity contribution in [1.82, 2.24) is 10.2 Å². The molecule has 1 heterocycles. The van der Waals surface area contributed by atoms with E-state index in [4.69, 9.17) is 0 Å². The standard InChI is InChI=1S/C17H32N2/c1-3-17(2)13-18-16(14-10-11-14)12-19(17)15-8-6-4-5-7-9-15/h14-16,18H,3-13H2,1-2H3. The Bertz CT molecular complexity index is 292. The molecule has 2 heteroatoms. The van der Waals surface area contributed by atoms with Gasteiger partial charge in [0.2, 0.25) is 0 Å². The van der Waals surface area contributed by atoms with E-state index in [1.165, 1.54) is 70.9 Å². The Kier molecular flexibility index (Phi) is 4.19. The second-order valence-electron chi connectivity index (χ2n) is 7.47. The Morgan fingerprint density at radius 2 is 1.74 bits per heavy atom. The first-order valence-electron chi connectivity index (χ1n) is 8.73. The maximum atomic E-state index is 3.87. The van der Waals surface area contributed by atoms with Crippen molar-refractivity contribution in [3.05, 3.63) is 0 Å². The van der Waals surface area contributed by atoms with Crippen molar-refractivity contribution in [2.24, 2.45) is 5.92 Å². The zero-order valence-electron chi connectivity index (χ0n) is 13.0. The minimum absolute atomic E-state index is 0.403. The van der Waals surface area contributed by atoms with Crippen molar-refractivity contribution in [2.75, 3.05) is 13.1 Å². The SMILES string of the molecule is CCC1(C)CNC(C2CC2)CN1C1CCCCCC1. The molecule has 1 N–H and O–H groups in total. The van der Waals surface area contributed by atoms with Crippen LogP contribution in [0.2, 0.25) is 0 Å². The Balaban J connectivity index is 1.71. The van der Waals surface area contributed by atoms with Gasteiger partial charge < -0.3 is 5.32 Å². The third-order valence-corrected chi connectivity index (χ3v) is 6.05. The number of nitrogens with zero attached hydrogens (tertiary/aromatic N) is 1. The van der Waals surface area contributed by atoms with Crippen molar-refractivity contribution >= 4 is 0 Å². The normalized spacial score (nSPS) is 39.2. The molecule has 3 fully saturated rings. The summed E-state index contributed by atoms with van der Waals surface area (Å²) in [5.74, 6) is 0.995. The lowest BCUT2D eigenvalue weighted by Crippen LogP contribution is -2.66. The lowest BCUT2D eigenvalue weighted by Gasteiger charge is -2.51. The third kappa shape index (κ3) is 3.00. The molecule has 3 aliphatic rings. The van der Waals surface area contributed by atoms with Gasteiger partial charge in [-0.3, -0.25) is 4.90 Å². The van der Waals surface area contributed by atoms with E-state index >= 15 is 0 Å². The molecular formula is C17H32N2. The van der Waals surface area contributed by atoms with E-state index in [9.17, 15) is 0 Å². The molecule has 1 aliphatic heterocycles. The van der Waals surface area contributed by atoms with Crippen LogP contribution in [0.1, 0.15) is 71.6 Å². The molecule has 0 amide bonds. The first kappa shape index (κ1) is 13.9. The molecule has 110 valence electrons. The lowest BCUT2D eigenvalue weighted by molar-refractivity contribution is 0.000932. The molecule has 0 bridgehead atoms. The largest absolute Gasteiger partial charge is 0.311 e. The predicted octanol–water partition coefficient (Wildman–Crippen LogP) is 3.56. The van der Waals surface area contributed by atoms with Gasteiger partial charge in [-0.2, -0.15) is 0 Å². The van der Waals surface area contributed by atoms with Crippen LogP contribution in [-0.2, 0) is 0 Å². The summed E-state index contributed by atoms with van der Waals surface area (Å²) in [5.41, 5.74) is 0.403. The van der Waals surface area contributed by atoms with Crippen molar-refractivity contribution in [3.63, 3.8) is 0 Å². The zero-order chi connectivity index (χ0) is 13.3. The highest BCUT2D eigenvalue weighted by Crippen LogP contribution is 2.38. The van der Waals surface area contributed by atoms with Crippen LogP contribution in [0.4, 0.5) is 0 Å². The summed E-state index contributed by atoms with van der Waals surface area (Å²) in [6.45, 7) is 7.40. The Morgan fingerprint density at radius 3 is 2.32 bits per heavy atom.